The molecule has 15 atom stereocenters. The molecule has 57 heavy (non-hydrogen) atoms. The number of aliphatic hydroxyl groups is 9. The first-order chi connectivity index (χ1) is 27.2. The van der Waals surface area contributed by atoms with Crippen molar-refractivity contribution >= 4 is 12.0 Å². The molecule has 318 valence electrons. The second-order valence-electron chi connectivity index (χ2n) is 13.7. The molecule has 2 aromatic carbocycles. The fourth-order valence-corrected chi connectivity index (χ4v) is 6.86. The first-order valence-electron chi connectivity index (χ1n) is 18.0. The van der Waals surface area contributed by atoms with E-state index in [1.165, 1.54) is 44.6 Å². The number of hydrogen-bond acceptors (Lipinski definition) is 20. The Hall–Kier alpha value is -3.71. The zero-order chi connectivity index (χ0) is 41.6. The minimum absolute atomic E-state index is 0.0924. The number of carbonyl (C=O) groups is 1. The molecule has 0 radical (unpaired) electrons. The highest BCUT2D eigenvalue weighted by molar-refractivity contribution is 5.87. The zero-order valence-corrected chi connectivity index (χ0v) is 30.9. The van der Waals surface area contributed by atoms with Gasteiger partial charge in [0.25, 0.3) is 0 Å². The average molecular weight is 815 g/mol. The summed E-state index contributed by atoms with van der Waals surface area (Å²) in [4.78, 5) is 12.8. The van der Waals surface area contributed by atoms with Crippen LogP contribution in [0.4, 0.5) is 0 Å². The fraction of sp³-hybridized carbons (Fsp3) is 0.595. The van der Waals surface area contributed by atoms with Crippen LogP contribution in [0.1, 0.15) is 11.1 Å². The smallest absolute Gasteiger partial charge is 0.330 e. The van der Waals surface area contributed by atoms with Gasteiger partial charge in [-0.1, -0.05) is 12.1 Å². The van der Waals surface area contributed by atoms with Gasteiger partial charge in [0.2, 0.25) is 0 Å². The van der Waals surface area contributed by atoms with Gasteiger partial charge in [0.05, 0.1) is 52.2 Å². The lowest BCUT2D eigenvalue weighted by Crippen LogP contribution is -2.69. The number of methoxy groups -OCH3 is 2. The van der Waals surface area contributed by atoms with Gasteiger partial charge < -0.3 is 94.1 Å². The van der Waals surface area contributed by atoms with Gasteiger partial charge in [-0.15, -0.1) is 0 Å². The third kappa shape index (κ3) is 10.1. The third-order valence-electron chi connectivity index (χ3n) is 10.1. The number of phenols is 2. The van der Waals surface area contributed by atoms with Crippen LogP contribution in [-0.2, 0) is 39.6 Å². The van der Waals surface area contributed by atoms with E-state index in [-0.39, 0.29) is 36.0 Å². The van der Waals surface area contributed by atoms with Gasteiger partial charge in [0.15, 0.2) is 35.6 Å². The zero-order valence-electron chi connectivity index (χ0n) is 30.9. The van der Waals surface area contributed by atoms with E-state index in [0.717, 1.165) is 6.08 Å². The molecule has 3 heterocycles. The van der Waals surface area contributed by atoms with Gasteiger partial charge in [-0.2, -0.15) is 0 Å². The highest BCUT2D eigenvalue weighted by atomic mass is 16.7. The summed E-state index contributed by atoms with van der Waals surface area (Å²) in [5, 5.41) is 116. The van der Waals surface area contributed by atoms with E-state index in [2.05, 4.69) is 0 Å². The Bertz CT molecular complexity index is 1640. The van der Waals surface area contributed by atoms with Crippen molar-refractivity contribution in [1.29, 1.82) is 0 Å². The summed E-state index contributed by atoms with van der Waals surface area (Å²) in [5.74, 6) is -2.39. The van der Waals surface area contributed by atoms with Crippen LogP contribution in [0.2, 0.25) is 0 Å². The Morgan fingerprint density at radius 3 is 1.98 bits per heavy atom. The molecule has 3 aliphatic heterocycles. The fourth-order valence-electron chi connectivity index (χ4n) is 6.86. The van der Waals surface area contributed by atoms with Crippen molar-refractivity contribution < 1.29 is 98.9 Å². The number of hydrogen-bond donors (Lipinski definition) is 11. The van der Waals surface area contributed by atoms with Crippen LogP contribution in [0.25, 0.3) is 6.08 Å². The number of phenolic OH excluding ortho intramolecular Hbond substituents is 2. The third-order valence-corrected chi connectivity index (χ3v) is 10.1. The molecule has 11 N–H and O–H groups in total. The van der Waals surface area contributed by atoms with E-state index in [0.29, 0.717) is 11.1 Å². The molecule has 2 aromatic rings. The summed E-state index contributed by atoms with van der Waals surface area (Å²) >= 11 is 0. The van der Waals surface area contributed by atoms with Crippen LogP contribution in [0.5, 0.6) is 23.0 Å². The van der Waals surface area contributed by atoms with E-state index in [1.54, 1.807) is 12.1 Å². The SMILES string of the molecule is COc1cc(/C=C/C(=O)OC[C@H]2O[C@@H](OCCc3ccc(O)c(OC)c3)[C@H](O)[C@@H](O[C@@H]3O[C@H](CO)[C@@H](O)[C@H](O)C3[C@@H]3O[C@H](CO)[C@@H](O)[C@H](O)[C@H]3O)[C@@H]2O)ccc1O. The maximum Gasteiger partial charge on any atom is 0.330 e. The molecule has 0 spiro atoms. The summed E-state index contributed by atoms with van der Waals surface area (Å²) in [5.41, 5.74) is 1.13. The highest BCUT2D eigenvalue weighted by Gasteiger charge is 2.57. The number of esters is 1. The van der Waals surface area contributed by atoms with Crippen LogP contribution in [0.3, 0.4) is 0 Å². The molecule has 5 rings (SSSR count). The molecule has 20 heteroatoms. The summed E-state index contributed by atoms with van der Waals surface area (Å²) in [6.45, 7) is -2.43. The van der Waals surface area contributed by atoms with Crippen LogP contribution in [0, 0.1) is 5.92 Å². The Morgan fingerprint density at radius 1 is 0.702 bits per heavy atom. The monoisotopic (exact) mass is 814 g/mol. The largest absolute Gasteiger partial charge is 0.504 e. The number of benzene rings is 2. The van der Waals surface area contributed by atoms with Crippen molar-refractivity contribution in [2.45, 2.75) is 92.2 Å². The molecule has 3 aliphatic rings. The summed E-state index contributed by atoms with van der Waals surface area (Å²) in [6, 6.07) is 8.92. The molecule has 3 fully saturated rings. The van der Waals surface area contributed by atoms with E-state index in [4.69, 9.17) is 37.9 Å². The minimum Gasteiger partial charge on any atom is -0.504 e. The quantitative estimate of drug-likeness (QED) is 0.0619. The molecule has 3 saturated heterocycles. The van der Waals surface area contributed by atoms with E-state index in [9.17, 15) is 61.0 Å². The van der Waals surface area contributed by atoms with Gasteiger partial charge in [0.1, 0.15) is 67.6 Å². The number of aromatic hydroxyl groups is 2. The molecule has 0 bridgehead atoms. The Morgan fingerprint density at radius 2 is 1.32 bits per heavy atom. The molecular weight excluding hydrogens is 764 g/mol. The normalized spacial score (nSPS) is 35.9. The second kappa shape index (κ2) is 19.8. The van der Waals surface area contributed by atoms with E-state index < -0.39 is 118 Å². The van der Waals surface area contributed by atoms with Crippen molar-refractivity contribution in [2.24, 2.45) is 5.92 Å². The van der Waals surface area contributed by atoms with Crippen molar-refractivity contribution in [2.75, 3.05) is 40.6 Å². The standard InChI is InChI=1S/C37H50O20/c1-50-20-11-16(3-6-18(20)40)5-8-25(42)53-15-24-29(45)35(33(49)37(56-24)52-10-9-17-4-7-19(41)21(12-17)51-2)57-36-26(30(46)27(43)23(14-39)55-36)34-32(48)31(47)28(44)22(13-38)54-34/h3-8,11-12,22-24,26-41,43-49H,9-10,13-15H2,1-2H3/b8-5+/t22-,23-,24-,26?,27-,28-,29-,30-,31+,32-,33-,34+,35+,36+,37-/m1/s1. The number of aliphatic hydroxyl groups excluding tert-OH is 9. The molecule has 0 aromatic heterocycles. The molecule has 0 amide bonds. The van der Waals surface area contributed by atoms with Gasteiger partial charge in [-0.25, -0.2) is 4.79 Å². The van der Waals surface area contributed by atoms with Crippen LogP contribution >= 0.6 is 0 Å². The summed E-state index contributed by atoms with van der Waals surface area (Å²) < 4.78 is 44.7. The number of ether oxygens (including phenoxy) is 8. The van der Waals surface area contributed by atoms with Crippen LogP contribution < -0.4 is 9.47 Å². The van der Waals surface area contributed by atoms with Gasteiger partial charge in [0, 0.05) is 6.08 Å². The molecule has 1 unspecified atom stereocenters. The molecular formula is C37H50O20. The summed E-state index contributed by atoms with van der Waals surface area (Å²) in [6.07, 6.45) is -21.7. The second-order valence-corrected chi connectivity index (χ2v) is 13.7. The van der Waals surface area contributed by atoms with Crippen LogP contribution in [0.15, 0.2) is 42.5 Å². The predicted molar refractivity (Wildman–Crippen MR) is 190 cm³/mol. The molecule has 20 nitrogen and oxygen atoms in total. The summed E-state index contributed by atoms with van der Waals surface area (Å²) in [7, 11) is 2.73. The van der Waals surface area contributed by atoms with Gasteiger partial charge >= 0.3 is 5.97 Å². The maximum atomic E-state index is 12.8. The van der Waals surface area contributed by atoms with Gasteiger partial charge in [-0.3, -0.25) is 0 Å². The van der Waals surface area contributed by atoms with Gasteiger partial charge in [-0.05, 0) is 47.9 Å². The Kier molecular flexibility index (Phi) is 15.4. The minimum atomic E-state index is -1.95. The van der Waals surface area contributed by atoms with Crippen molar-refractivity contribution in [3.63, 3.8) is 0 Å². The topological polar surface area (TPSA) is 313 Å². The average Bonchev–Trinajstić information content (AvgIpc) is 3.20. The van der Waals surface area contributed by atoms with E-state index in [1.807, 2.05) is 0 Å². The first-order valence-corrected chi connectivity index (χ1v) is 18.0. The van der Waals surface area contributed by atoms with Crippen molar-refractivity contribution in [3.8, 4) is 23.0 Å². The Balaban J connectivity index is 1.38. The highest BCUT2D eigenvalue weighted by Crippen LogP contribution is 2.38. The molecule has 0 saturated carbocycles. The Labute approximate surface area is 326 Å². The lowest BCUT2D eigenvalue weighted by atomic mass is 9.80. The first kappa shape index (κ1) is 44.4. The lowest BCUT2D eigenvalue weighted by Gasteiger charge is -2.51. The number of carbonyl (C=O) groups excluding carboxylic acids is 1. The molecule has 0 aliphatic carbocycles. The predicted octanol–water partition coefficient (Wildman–Crippen LogP) is -3.34. The van der Waals surface area contributed by atoms with Crippen LogP contribution in [-0.4, -0.2) is 189 Å². The lowest BCUT2D eigenvalue weighted by molar-refractivity contribution is -0.370. The van der Waals surface area contributed by atoms with Crippen molar-refractivity contribution in [1.82, 2.24) is 0 Å². The van der Waals surface area contributed by atoms with E-state index >= 15 is 0 Å². The maximum absolute atomic E-state index is 12.8. The number of rotatable bonds is 15. The van der Waals surface area contributed by atoms with Crippen molar-refractivity contribution in [3.05, 3.63) is 53.6 Å².